The predicted molar refractivity (Wildman–Crippen MR) is 83.8 cm³/mol. The molecule has 21 heavy (non-hydrogen) atoms. The van der Waals surface area contributed by atoms with Gasteiger partial charge >= 0.3 is 0 Å². The van der Waals surface area contributed by atoms with Gasteiger partial charge in [0.2, 0.25) is 0 Å². The van der Waals surface area contributed by atoms with Crippen LogP contribution in [0.15, 0.2) is 0 Å². The molecule has 0 spiro atoms. The zero-order valence-electron chi connectivity index (χ0n) is 12.7. The minimum Gasteiger partial charge on any atom is -0.373 e. The van der Waals surface area contributed by atoms with E-state index in [0.29, 0.717) is 38.1 Å². The summed E-state index contributed by atoms with van der Waals surface area (Å²) < 4.78 is 34.5. The van der Waals surface area contributed by atoms with Crippen molar-refractivity contribution in [2.45, 2.75) is 44.9 Å². The third-order valence-electron chi connectivity index (χ3n) is 4.66. The van der Waals surface area contributed by atoms with Gasteiger partial charge in [-0.2, -0.15) is 17.0 Å². The van der Waals surface area contributed by atoms with Crippen molar-refractivity contribution in [2.75, 3.05) is 32.7 Å². The molecule has 124 valence electrons. The Morgan fingerprint density at radius 2 is 1.71 bits per heavy atom. The Hall–Kier alpha value is 0.0800. The van der Waals surface area contributed by atoms with Gasteiger partial charge in [0.1, 0.15) is 0 Å². The minimum absolute atomic E-state index is 0. The molecule has 3 saturated heterocycles. The summed E-state index contributed by atoms with van der Waals surface area (Å²) in [6.07, 6.45) is 1.96. The van der Waals surface area contributed by atoms with Crippen LogP contribution >= 0.6 is 12.4 Å². The lowest BCUT2D eigenvalue weighted by atomic mass is 9.95. The second-order valence-corrected chi connectivity index (χ2v) is 8.27. The van der Waals surface area contributed by atoms with Crippen LogP contribution in [0, 0.1) is 5.92 Å². The molecule has 0 radical (unpaired) electrons. The molecule has 3 aliphatic heterocycles. The van der Waals surface area contributed by atoms with Crippen LogP contribution in [0.5, 0.6) is 0 Å². The van der Waals surface area contributed by atoms with Gasteiger partial charge in [0.05, 0.1) is 12.2 Å². The largest absolute Gasteiger partial charge is 0.373 e. The third-order valence-corrected chi connectivity index (χ3v) is 6.59. The Morgan fingerprint density at radius 1 is 1.05 bits per heavy atom. The Labute approximate surface area is 133 Å². The topological polar surface area (TPSA) is 61.9 Å². The van der Waals surface area contributed by atoms with Crippen molar-refractivity contribution in [3.05, 3.63) is 0 Å². The van der Waals surface area contributed by atoms with Crippen LogP contribution in [-0.4, -0.2) is 68.0 Å². The Kier molecular flexibility index (Phi) is 5.55. The number of morpholine rings is 1. The fourth-order valence-electron chi connectivity index (χ4n) is 3.71. The first-order valence-electron chi connectivity index (χ1n) is 7.61. The minimum atomic E-state index is -3.33. The second-order valence-electron chi connectivity index (χ2n) is 6.34. The summed E-state index contributed by atoms with van der Waals surface area (Å²) in [4.78, 5) is 0. The highest BCUT2D eigenvalue weighted by molar-refractivity contribution is 7.86. The lowest BCUT2D eigenvalue weighted by molar-refractivity contribution is -0.0457. The maximum atomic E-state index is 12.8. The predicted octanol–water partition coefficient (Wildman–Crippen LogP) is 0.446. The van der Waals surface area contributed by atoms with E-state index >= 15 is 0 Å². The van der Waals surface area contributed by atoms with Crippen molar-refractivity contribution in [3.8, 4) is 0 Å². The number of rotatable bonds is 2. The summed E-state index contributed by atoms with van der Waals surface area (Å²) >= 11 is 0. The maximum Gasteiger partial charge on any atom is 0.282 e. The first-order valence-corrected chi connectivity index (χ1v) is 9.00. The molecule has 0 amide bonds. The van der Waals surface area contributed by atoms with E-state index in [-0.39, 0.29) is 24.6 Å². The zero-order valence-corrected chi connectivity index (χ0v) is 14.3. The van der Waals surface area contributed by atoms with Crippen molar-refractivity contribution in [3.63, 3.8) is 0 Å². The van der Waals surface area contributed by atoms with Crippen LogP contribution in [0.1, 0.15) is 26.7 Å². The van der Waals surface area contributed by atoms with E-state index in [1.54, 1.807) is 8.61 Å². The van der Waals surface area contributed by atoms with Crippen molar-refractivity contribution in [2.24, 2.45) is 5.92 Å². The number of halogens is 1. The first-order chi connectivity index (χ1) is 9.46. The SMILES string of the molecule is CC1CN(S(=O)(=O)N2CCC3NCCC3C2)CC(C)O1.Cl. The van der Waals surface area contributed by atoms with Gasteiger partial charge in [-0.1, -0.05) is 0 Å². The molecule has 3 rings (SSSR count). The smallest absolute Gasteiger partial charge is 0.282 e. The normalized spacial score (nSPS) is 38.8. The van der Waals surface area contributed by atoms with E-state index in [1.807, 2.05) is 13.8 Å². The lowest BCUT2D eigenvalue weighted by Gasteiger charge is -2.40. The molecule has 0 bridgehead atoms. The van der Waals surface area contributed by atoms with E-state index < -0.39 is 10.2 Å². The van der Waals surface area contributed by atoms with Crippen LogP contribution in [-0.2, 0) is 14.9 Å². The number of hydrogen-bond donors (Lipinski definition) is 1. The zero-order chi connectivity index (χ0) is 14.3. The highest BCUT2D eigenvalue weighted by atomic mass is 35.5. The van der Waals surface area contributed by atoms with Gasteiger partial charge in [-0.05, 0) is 39.2 Å². The average Bonchev–Trinajstić information content (AvgIpc) is 2.84. The van der Waals surface area contributed by atoms with Gasteiger partial charge in [-0.25, -0.2) is 0 Å². The third kappa shape index (κ3) is 3.54. The molecule has 3 fully saturated rings. The summed E-state index contributed by atoms with van der Waals surface area (Å²) in [6, 6.07) is 0.518. The number of hydrogen-bond acceptors (Lipinski definition) is 4. The van der Waals surface area contributed by atoms with Gasteiger partial charge < -0.3 is 10.1 Å². The van der Waals surface area contributed by atoms with E-state index in [0.717, 1.165) is 19.4 Å². The van der Waals surface area contributed by atoms with Crippen molar-refractivity contribution < 1.29 is 13.2 Å². The van der Waals surface area contributed by atoms with Gasteiger partial charge in [0, 0.05) is 32.2 Å². The number of ether oxygens (including phenoxy) is 1. The summed E-state index contributed by atoms with van der Waals surface area (Å²) in [7, 11) is -3.33. The van der Waals surface area contributed by atoms with E-state index in [9.17, 15) is 8.42 Å². The Bertz CT molecular complexity index is 452. The quantitative estimate of drug-likeness (QED) is 0.793. The standard InChI is InChI=1S/C13H25N3O3S.ClH/c1-10-7-16(8-11(2)19-10)20(17,18)15-6-4-13-12(9-15)3-5-14-13;/h10-14H,3-9H2,1-2H3;1H. The molecule has 1 N–H and O–H groups in total. The number of piperidine rings is 1. The highest BCUT2D eigenvalue weighted by Gasteiger charge is 2.41. The molecule has 8 heteroatoms. The number of nitrogens with zero attached hydrogens (tertiary/aromatic N) is 2. The molecule has 0 aromatic rings. The lowest BCUT2D eigenvalue weighted by Crippen LogP contribution is -2.56. The molecule has 6 nitrogen and oxygen atoms in total. The summed E-state index contributed by atoms with van der Waals surface area (Å²) in [5.41, 5.74) is 0. The molecule has 0 aromatic carbocycles. The van der Waals surface area contributed by atoms with Gasteiger partial charge in [0.25, 0.3) is 10.2 Å². The Balaban J connectivity index is 0.00000161. The van der Waals surface area contributed by atoms with Crippen LogP contribution in [0.3, 0.4) is 0 Å². The molecular weight excluding hydrogens is 314 g/mol. The van der Waals surface area contributed by atoms with Crippen molar-refractivity contribution in [1.29, 1.82) is 0 Å². The van der Waals surface area contributed by atoms with Crippen LogP contribution < -0.4 is 5.32 Å². The summed E-state index contributed by atoms with van der Waals surface area (Å²) in [5.74, 6) is 0.481. The van der Waals surface area contributed by atoms with Crippen molar-refractivity contribution in [1.82, 2.24) is 13.9 Å². The molecule has 3 aliphatic rings. The van der Waals surface area contributed by atoms with Crippen LogP contribution in [0.2, 0.25) is 0 Å². The highest BCUT2D eigenvalue weighted by Crippen LogP contribution is 2.28. The van der Waals surface area contributed by atoms with E-state index in [2.05, 4.69) is 5.32 Å². The van der Waals surface area contributed by atoms with Gasteiger partial charge in [0.15, 0.2) is 0 Å². The summed E-state index contributed by atoms with van der Waals surface area (Å²) in [6.45, 7) is 7.13. The van der Waals surface area contributed by atoms with E-state index in [4.69, 9.17) is 4.74 Å². The second kappa shape index (κ2) is 6.68. The molecular formula is C13H26ClN3O3S. The summed E-state index contributed by atoms with van der Waals surface area (Å²) in [5, 5.41) is 3.47. The van der Waals surface area contributed by atoms with E-state index in [1.165, 1.54) is 0 Å². The Morgan fingerprint density at radius 3 is 2.38 bits per heavy atom. The molecule has 0 saturated carbocycles. The molecule has 0 aromatic heterocycles. The monoisotopic (exact) mass is 339 g/mol. The fraction of sp³-hybridized carbons (Fsp3) is 1.00. The molecule has 3 heterocycles. The van der Waals surface area contributed by atoms with Crippen molar-refractivity contribution >= 4 is 22.6 Å². The maximum absolute atomic E-state index is 12.8. The molecule has 0 aliphatic carbocycles. The number of fused-ring (bicyclic) bond motifs is 1. The molecule has 4 unspecified atom stereocenters. The van der Waals surface area contributed by atoms with Crippen LogP contribution in [0.25, 0.3) is 0 Å². The van der Waals surface area contributed by atoms with Gasteiger partial charge in [-0.3, -0.25) is 0 Å². The van der Waals surface area contributed by atoms with Gasteiger partial charge in [-0.15, -0.1) is 12.4 Å². The average molecular weight is 340 g/mol. The number of nitrogens with one attached hydrogen (secondary N) is 1. The first kappa shape index (κ1) is 17.4. The van der Waals surface area contributed by atoms with Crippen LogP contribution in [0.4, 0.5) is 0 Å². The fourth-order valence-corrected chi connectivity index (χ4v) is 5.55. The molecule has 4 atom stereocenters.